The van der Waals surface area contributed by atoms with Gasteiger partial charge in [0.15, 0.2) is 0 Å². The first-order valence-electron chi connectivity index (χ1n) is 9.32. The van der Waals surface area contributed by atoms with Gasteiger partial charge in [-0.05, 0) is 49.3 Å². The normalized spacial score (nSPS) is 13.1. The molecule has 7 heteroatoms. The highest BCUT2D eigenvalue weighted by atomic mass is 35.5. The number of anilines is 1. The SMILES string of the molecule is COC(=O)c1cc(OC2=CCCC=C2)ccc1NC(=O)c1sc2ccccc2c1Cl. The number of carbonyl (C=O) groups excluding carboxylic acids is 2. The molecule has 1 amide bonds. The molecule has 2 aromatic carbocycles. The number of halogens is 1. The maximum absolute atomic E-state index is 12.9. The van der Waals surface area contributed by atoms with Crippen molar-refractivity contribution >= 4 is 50.6 Å². The van der Waals surface area contributed by atoms with Gasteiger partial charge in [-0.3, -0.25) is 4.79 Å². The number of rotatable bonds is 5. The van der Waals surface area contributed by atoms with Gasteiger partial charge in [0.05, 0.1) is 23.4 Å². The Balaban J connectivity index is 1.63. The van der Waals surface area contributed by atoms with E-state index in [1.54, 1.807) is 18.2 Å². The van der Waals surface area contributed by atoms with Crippen molar-refractivity contribution in [3.05, 3.63) is 81.9 Å². The summed E-state index contributed by atoms with van der Waals surface area (Å²) in [4.78, 5) is 25.6. The fourth-order valence-electron chi connectivity index (χ4n) is 3.11. The minimum atomic E-state index is -0.577. The number of fused-ring (bicyclic) bond motifs is 1. The molecule has 1 aliphatic carbocycles. The molecule has 0 spiro atoms. The van der Waals surface area contributed by atoms with E-state index in [2.05, 4.69) is 5.32 Å². The van der Waals surface area contributed by atoms with Gasteiger partial charge in [0.2, 0.25) is 0 Å². The summed E-state index contributed by atoms with van der Waals surface area (Å²) in [7, 11) is 1.29. The third-order valence-corrected chi connectivity index (χ3v) is 6.26. The molecule has 1 aliphatic rings. The maximum atomic E-state index is 12.9. The number of thiophene rings is 1. The summed E-state index contributed by atoms with van der Waals surface area (Å²) in [6, 6.07) is 12.4. The number of benzene rings is 2. The molecule has 30 heavy (non-hydrogen) atoms. The second-order valence-electron chi connectivity index (χ2n) is 6.58. The van der Waals surface area contributed by atoms with E-state index in [4.69, 9.17) is 21.1 Å². The van der Waals surface area contributed by atoms with Crippen molar-refractivity contribution in [1.82, 2.24) is 0 Å². The third kappa shape index (κ3) is 4.10. The van der Waals surface area contributed by atoms with E-state index in [-0.39, 0.29) is 5.56 Å². The Labute approximate surface area is 182 Å². The summed E-state index contributed by atoms with van der Waals surface area (Å²) >= 11 is 7.70. The number of methoxy groups -OCH3 is 1. The van der Waals surface area contributed by atoms with Gasteiger partial charge in [0, 0.05) is 10.1 Å². The largest absolute Gasteiger partial charge is 0.465 e. The van der Waals surface area contributed by atoms with Crippen molar-refractivity contribution in [2.24, 2.45) is 0 Å². The summed E-state index contributed by atoms with van der Waals surface area (Å²) in [6.45, 7) is 0. The molecular weight excluding hydrogens is 422 g/mol. The molecule has 0 fully saturated rings. The van der Waals surface area contributed by atoms with Gasteiger partial charge in [-0.2, -0.15) is 0 Å². The zero-order valence-electron chi connectivity index (χ0n) is 16.1. The van der Waals surface area contributed by atoms with Gasteiger partial charge >= 0.3 is 5.97 Å². The van der Waals surface area contributed by atoms with Crippen LogP contribution in [0.2, 0.25) is 5.02 Å². The van der Waals surface area contributed by atoms with Crippen LogP contribution < -0.4 is 10.1 Å². The molecule has 0 saturated heterocycles. The summed E-state index contributed by atoms with van der Waals surface area (Å²) in [6.07, 6.45) is 7.78. The van der Waals surface area contributed by atoms with Crippen LogP contribution in [-0.2, 0) is 4.74 Å². The fraction of sp³-hybridized carbons (Fsp3) is 0.130. The molecular formula is C23H18ClNO4S. The Kier molecular flexibility index (Phi) is 5.88. The lowest BCUT2D eigenvalue weighted by atomic mass is 10.1. The highest BCUT2D eigenvalue weighted by Crippen LogP contribution is 2.36. The summed E-state index contributed by atoms with van der Waals surface area (Å²) in [5.74, 6) is 0.223. The maximum Gasteiger partial charge on any atom is 0.340 e. The predicted octanol–water partition coefficient (Wildman–Crippen LogP) is 6.21. The predicted molar refractivity (Wildman–Crippen MR) is 120 cm³/mol. The number of hydrogen-bond donors (Lipinski definition) is 1. The Morgan fingerprint density at radius 1 is 1.13 bits per heavy atom. The Bertz CT molecular complexity index is 1200. The van der Waals surface area contributed by atoms with Crippen LogP contribution in [0.4, 0.5) is 5.69 Å². The zero-order chi connectivity index (χ0) is 21.1. The number of amides is 1. The minimum Gasteiger partial charge on any atom is -0.465 e. The lowest BCUT2D eigenvalue weighted by Crippen LogP contribution is -2.15. The first kappa shape index (κ1) is 20.2. The molecule has 0 saturated carbocycles. The lowest BCUT2D eigenvalue weighted by Gasteiger charge is -2.13. The van der Waals surface area contributed by atoms with Crippen LogP contribution in [0.25, 0.3) is 10.1 Å². The van der Waals surface area contributed by atoms with Crippen molar-refractivity contribution in [3.8, 4) is 5.75 Å². The zero-order valence-corrected chi connectivity index (χ0v) is 17.7. The van der Waals surface area contributed by atoms with E-state index in [9.17, 15) is 9.59 Å². The van der Waals surface area contributed by atoms with E-state index < -0.39 is 11.9 Å². The highest BCUT2D eigenvalue weighted by molar-refractivity contribution is 7.21. The number of allylic oxidation sites excluding steroid dienone is 3. The number of hydrogen-bond acceptors (Lipinski definition) is 5. The average Bonchev–Trinajstić information content (AvgIpc) is 3.12. The number of carbonyl (C=O) groups is 2. The van der Waals surface area contributed by atoms with Crippen LogP contribution in [0.1, 0.15) is 32.9 Å². The van der Waals surface area contributed by atoms with Crippen molar-refractivity contribution in [2.45, 2.75) is 12.8 Å². The smallest absolute Gasteiger partial charge is 0.340 e. The third-order valence-electron chi connectivity index (χ3n) is 4.58. The molecule has 0 unspecified atom stereocenters. The molecule has 4 rings (SSSR count). The minimum absolute atomic E-state index is 0.195. The number of esters is 1. The van der Waals surface area contributed by atoms with E-state index in [1.807, 2.05) is 42.5 Å². The number of ether oxygens (including phenoxy) is 2. The van der Waals surface area contributed by atoms with Gasteiger partial charge in [-0.25, -0.2) is 4.79 Å². The highest BCUT2D eigenvalue weighted by Gasteiger charge is 2.20. The Hall–Kier alpha value is -3.09. The first-order chi connectivity index (χ1) is 14.6. The van der Waals surface area contributed by atoms with E-state index in [0.717, 1.165) is 22.9 Å². The van der Waals surface area contributed by atoms with Gasteiger partial charge < -0.3 is 14.8 Å². The average molecular weight is 440 g/mol. The summed E-state index contributed by atoms with van der Waals surface area (Å²) < 4.78 is 11.6. The van der Waals surface area contributed by atoms with Crippen molar-refractivity contribution in [2.75, 3.05) is 12.4 Å². The molecule has 1 aromatic heterocycles. The second-order valence-corrected chi connectivity index (χ2v) is 8.01. The first-order valence-corrected chi connectivity index (χ1v) is 10.5. The quantitative estimate of drug-likeness (QED) is 0.480. The standard InChI is InChI=1S/C23H18ClNO4S/c1-28-23(27)17-13-15(29-14-7-3-2-4-8-14)11-12-18(17)25-22(26)21-20(24)16-9-5-6-10-19(16)30-21/h3,5-13H,2,4H2,1H3,(H,25,26). The summed E-state index contributed by atoms with van der Waals surface area (Å²) in [5.41, 5.74) is 0.516. The van der Waals surface area contributed by atoms with Crippen LogP contribution >= 0.6 is 22.9 Å². The molecule has 1 N–H and O–H groups in total. The van der Waals surface area contributed by atoms with E-state index in [1.165, 1.54) is 18.4 Å². The van der Waals surface area contributed by atoms with Crippen LogP contribution in [0, 0.1) is 0 Å². The molecule has 152 valence electrons. The van der Waals surface area contributed by atoms with Crippen LogP contribution in [0.15, 0.2) is 66.5 Å². The fourth-order valence-corrected chi connectivity index (χ4v) is 4.53. The molecule has 3 aromatic rings. The van der Waals surface area contributed by atoms with Crippen molar-refractivity contribution < 1.29 is 19.1 Å². The van der Waals surface area contributed by atoms with E-state index in [0.29, 0.717) is 27.1 Å². The van der Waals surface area contributed by atoms with Crippen LogP contribution in [0.3, 0.4) is 0 Å². The van der Waals surface area contributed by atoms with Crippen LogP contribution in [-0.4, -0.2) is 19.0 Å². The topological polar surface area (TPSA) is 64.6 Å². The molecule has 0 bridgehead atoms. The van der Waals surface area contributed by atoms with Gasteiger partial charge in [-0.15, -0.1) is 11.3 Å². The monoisotopic (exact) mass is 439 g/mol. The van der Waals surface area contributed by atoms with Crippen molar-refractivity contribution in [3.63, 3.8) is 0 Å². The van der Waals surface area contributed by atoms with Crippen molar-refractivity contribution in [1.29, 1.82) is 0 Å². The number of nitrogens with one attached hydrogen (secondary N) is 1. The molecule has 0 atom stereocenters. The van der Waals surface area contributed by atoms with Gasteiger partial charge in [0.1, 0.15) is 16.4 Å². The second kappa shape index (κ2) is 8.73. The lowest BCUT2D eigenvalue weighted by molar-refractivity contribution is 0.0601. The molecule has 1 heterocycles. The summed E-state index contributed by atoms with van der Waals surface area (Å²) in [5, 5.41) is 3.99. The molecule has 5 nitrogen and oxygen atoms in total. The van der Waals surface area contributed by atoms with E-state index >= 15 is 0 Å². The van der Waals surface area contributed by atoms with Crippen LogP contribution in [0.5, 0.6) is 5.75 Å². The molecule has 0 radical (unpaired) electrons. The Morgan fingerprint density at radius 2 is 1.97 bits per heavy atom. The van der Waals surface area contributed by atoms with Gasteiger partial charge in [0.25, 0.3) is 5.91 Å². The van der Waals surface area contributed by atoms with Gasteiger partial charge in [-0.1, -0.05) is 35.9 Å². The Morgan fingerprint density at radius 3 is 2.70 bits per heavy atom. The molecule has 0 aliphatic heterocycles.